The zero-order chi connectivity index (χ0) is 10.8. The Balaban J connectivity index is 2.79. The fraction of sp³-hybridized carbons (Fsp3) is 0.600. The third kappa shape index (κ3) is 3.27. The van der Waals surface area contributed by atoms with Crippen LogP contribution in [0.1, 0.15) is 32.2 Å². The van der Waals surface area contributed by atoms with Gasteiger partial charge in [0.05, 0.1) is 6.54 Å². The zero-order valence-corrected chi connectivity index (χ0v) is 10.0. The first-order chi connectivity index (χ1) is 6.39. The summed E-state index contributed by atoms with van der Waals surface area (Å²) in [5, 5.41) is 0. The van der Waals surface area contributed by atoms with Gasteiger partial charge in [-0.3, -0.25) is 0 Å². The van der Waals surface area contributed by atoms with Crippen molar-refractivity contribution in [1.29, 1.82) is 0 Å². The summed E-state index contributed by atoms with van der Waals surface area (Å²) >= 11 is 4.15. The van der Waals surface area contributed by atoms with Crippen LogP contribution in [0.3, 0.4) is 0 Å². The van der Waals surface area contributed by atoms with Crippen molar-refractivity contribution < 1.29 is 0 Å². The van der Waals surface area contributed by atoms with Crippen molar-refractivity contribution in [3.63, 3.8) is 0 Å². The maximum atomic E-state index is 4.28. The summed E-state index contributed by atoms with van der Waals surface area (Å²) in [7, 11) is 1.88. The number of thiol groups is 1. The molecule has 1 aromatic heterocycles. The highest BCUT2D eigenvalue weighted by molar-refractivity contribution is 7.77. The number of hydrogen-bond acceptors (Lipinski definition) is 4. The van der Waals surface area contributed by atoms with E-state index in [0.29, 0.717) is 6.54 Å². The van der Waals surface area contributed by atoms with Crippen LogP contribution in [0.15, 0.2) is 12.4 Å². The fourth-order valence-electron chi connectivity index (χ4n) is 1.03. The molecule has 0 aliphatic carbocycles. The predicted octanol–water partition coefficient (Wildman–Crippen LogP) is 2.05. The van der Waals surface area contributed by atoms with Crippen LogP contribution < -0.4 is 0 Å². The maximum Gasteiger partial charge on any atom is 0.143 e. The molecule has 0 aromatic carbocycles. The lowest BCUT2D eigenvalue weighted by molar-refractivity contribution is 0.540. The van der Waals surface area contributed by atoms with Gasteiger partial charge in [0, 0.05) is 12.4 Å². The second-order valence-electron chi connectivity index (χ2n) is 4.45. The van der Waals surface area contributed by atoms with Crippen LogP contribution in [-0.4, -0.2) is 21.3 Å². The lowest BCUT2D eigenvalue weighted by atomic mass is 9.89. The average Bonchev–Trinajstić information content (AvgIpc) is 2.02. The molecule has 1 heterocycles. The minimum absolute atomic E-state index is 0.116. The lowest BCUT2D eigenvalue weighted by Crippen LogP contribution is -2.14. The zero-order valence-electron chi connectivity index (χ0n) is 9.15. The van der Waals surface area contributed by atoms with Crippen LogP contribution >= 0.6 is 12.8 Å². The van der Waals surface area contributed by atoms with Gasteiger partial charge in [-0.25, -0.2) is 14.3 Å². The molecule has 0 aliphatic rings. The van der Waals surface area contributed by atoms with Crippen molar-refractivity contribution in [3.8, 4) is 0 Å². The second-order valence-corrected chi connectivity index (χ2v) is 5.14. The Morgan fingerprint density at radius 2 is 1.79 bits per heavy atom. The number of rotatable bonds is 2. The highest BCUT2D eigenvalue weighted by Gasteiger charge is 2.14. The molecule has 0 spiro atoms. The van der Waals surface area contributed by atoms with Gasteiger partial charge < -0.3 is 0 Å². The van der Waals surface area contributed by atoms with E-state index >= 15 is 0 Å². The molecule has 0 saturated carbocycles. The highest BCUT2D eigenvalue weighted by Crippen LogP contribution is 2.19. The molecule has 0 amide bonds. The first-order valence-corrected chi connectivity index (χ1v) is 5.01. The summed E-state index contributed by atoms with van der Waals surface area (Å²) in [6.07, 6.45) is 3.78. The van der Waals surface area contributed by atoms with Gasteiger partial charge in [0.2, 0.25) is 0 Å². The molecule has 0 fully saturated rings. The van der Waals surface area contributed by atoms with Gasteiger partial charge in [-0.15, -0.1) is 0 Å². The van der Waals surface area contributed by atoms with E-state index in [2.05, 4.69) is 43.6 Å². The molecule has 0 bridgehead atoms. The van der Waals surface area contributed by atoms with Crippen LogP contribution in [0, 0.1) is 0 Å². The molecule has 78 valence electrons. The Bertz CT molecular complexity index is 287. The first-order valence-electron chi connectivity index (χ1n) is 4.61. The van der Waals surface area contributed by atoms with Crippen molar-refractivity contribution >= 4 is 12.8 Å². The maximum absolute atomic E-state index is 4.28. The van der Waals surface area contributed by atoms with E-state index in [1.165, 1.54) is 0 Å². The minimum atomic E-state index is 0.116. The van der Waals surface area contributed by atoms with Crippen LogP contribution in [-0.2, 0) is 12.0 Å². The predicted molar refractivity (Wildman–Crippen MR) is 61.2 cm³/mol. The Kier molecular flexibility index (Phi) is 3.50. The third-order valence-electron chi connectivity index (χ3n) is 1.94. The largest absolute Gasteiger partial charge is 0.249 e. The monoisotopic (exact) mass is 211 g/mol. The van der Waals surface area contributed by atoms with Crippen molar-refractivity contribution in [1.82, 2.24) is 14.3 Å². The molecule has 0 radical (unpaired) electrons. The van der Waals surface area contributed by atoms with Crippen molar-refractivity contribution in [3.05, 3.63) is 23.8 Å². The van der Waals surface area contributed by atoms with Gasteiger partial charge in [-0.1, -0.05) is 33.6 Å². The Morgan fingerprint density at radius 1 is 1.29 bits per heavy atom. The SMILES string of the molecule is CN(S)Cc1ncc(C(C)(C)C)cn1. The molecular formula is C10H17N3S. The van der Waals surface area contributed by atoms with E-state index in [-0.39, 0.29) is 5.41 Å². The van der Waals surface area contributed by atoms with Gasteiger partial charge in [-0.05, 0) is 18.0 Å². The average molecular weight is 211 g/mol. The summed E-state index contributed by atoms with van der Waals surface area (Å²) < 4.78 is 1.76. The molecule has 0 atom stereocenters. The summed E-state index contributed by atoms with van der Waals surface area (Å²) in [5.74, 6) is 0.801. The molecule has 1 aromatic rings. The molecule has 4 heteroatoms. The van der Waals surface area contributed by atoms with E-state index in [0.717, 1.165) is 11.4 Å². The van der Waals surface area contributed by atoms with Crippen molar-refractivity contribution in [2.45, 2.75) is 32.7 Å². The van der Waals surface area contributed by atoms with Gasteiger partial charge in [-0.2, -0.15) is 0 Å². The van der Waals surface area contributed by atoms with Gasteiger partial charge in [0.25, 0.3) is 0 Å². The van der Waals surface area contributed by atoms with E-state index in [9.17, 15) is 0 Å². The van der Waals surface area contributed by atoms with Gasteiger partial charge in [0.1, 0.15) is 5.82 Å². The normalized spacial score (nSPS) is 12.1. The molecule has 3 nitrogen and oxygen atoms in total. The minimum Gasteiger partial charge on any atom is -0.249 e. The number of nitrogens with zero attached hydrogens (tertiary/aromatic N) is 3. The Morgan fingerprint density at radius 3 is 2.14 bits per heavy atom. The van der Waals surface area contributed by atoms with E-state index in [1.807, 2.05) is 19.4 Å². The number of aromatic nitrogens is 2. The second kappa shape index (κ2) is 4.28. The van der Waals surface area contributed by atoms with Gasteiger partial charge >= 0.3 is 0 Å². The molecule has 0 N–H and O–H groups in total. The fourth-order valence-corrected chi connectivity index (χ4v) is 1.15. The molecule has 0 aliphatic heterocycles. The Labute approximate surface area is 91.1 Å². The summed E-state index contributed by atoms with van der Waals surface area (Å²) in [5.41, 5.74) is 1.27. The van der Waals surface area contributed by atoms with Crippen LogP contribution in [0.4, 0.5) is 0 Å². The van der Waals surface area contributed by atoms with E-state index in [1.54, 1.807) is 4.31 Å². The molecule has 0 unspecified atom stereocenters. The van der Waals surface area contributed by atoms with E-state index < -0.39 is 0 Å². The molecular weight excluding hydrogens is 194 g/mol. The topological polar surface area (TPSA) is 29.0 Å². The molecule has 14 heavy (non-hydrogen) atoms. The summed E-state index contributed by atoms with van der Waals surface area (Å²) in [6.45, 7) is 7.11. The quantitative estimate of drug-likeness (QED) is 0.759. The van der Waals surface area contributed by atoms with Crippen LogP contribution in [0.25, 0.3) is 0 Å². The first kappa shape index (κ1) is 11.5. The summed E-state index contributed by atoms with van der Waals surface area (Å²) in [6, 6.07) is 0. The van der Waals surface area contributed by atoms with Crippen LogP contribution in [0.5, 0.6) is 0 Å². The van der Waals surface area contributed by atoms with Gasteiger partial charge in [0.15, 0.2) is 0 Å². The lowest BCUT2D eigenvalue weighted by Gasteiger charge is -2.18. The van der Waals surface area contributed by atoms with Crippen molar-refractivity contribution in [2.75, 3.05) is 7.05 Å². The number of hydrogen-bond donors (Lipinski definition) is 1. The van der Waals surface area contributed by atoms with E-state index in [4.69, 9.17) is 0 Å². The Hall–Kier alpha value is -0.610. The standard InChI is InChI=1S/C10H17N3S/c1-10(2,3)8-5-11-9(12-6-8)7-13(4)14/h5-6,14H,7H2,1-4H3. The highest BCUT2D eigenvalue weighted by atomic mass is 32.1. The molecule has 1 rings (SSSR count). The molecule has 0 saturated heterocycles. The smallest absolute Gasteiger partial charge is 0.143 e. The van der Waals surface area contributed by atoms with Crippen LogP contribution in [0.2, 0.25) is 0 Å². The summed E-state index contributed by atoms with van der Waals surface area (Å²) in [4.78, 5) is 8.57. The van der Waals surface area contributed by atoms with Crippen molar-refractivity contribution in [2.24, 2.45) is 0 Å². The third-order valence-corrected chi connectivity index (χ3v) is 2.08.